The molecule has 1 N–H and O–H groups in total. The molecule has 1 aliphatic heterocycles. The summed E-state index contributed by atoms with van der Waals surface area (Å²) in [7, 11) is 0. The molecule has 0 aliphatic carbocycles. The van der Waals surface area contributed by atoms with Crippen LogP contribution in [-0.2, 0) is 5.72 Å². The minimum absolute atomic E-state index is 0.0610. The van der Waals surface area contributed by atoms with Crippen molar-refractivity contribution < 1.29 is 23.1 Å². The van der Waals surface area contributed by atoms with Crippen LogP contribution in [0.15, 0.2) is 59.7 Å². The Kier molecular flexibility index (Phi) is 4.30. The average molecular weight is 369 g/mol. The monoisotopic (exact) mass is 368 g/mol. The second-order valence-electron chi connectivity index (χ2n) is 5.53. The smallest absolute Gasteiger partial charge is 0.365 e. The Morgan fingerprint density at radius 2 is 1.72 bits per heavy atom. The maximum Gasteiger partial charge on any atom is 0.431 e. The zero-order valence-corrected chi connectivity index (χ0v) is 13.4. The molecule has 0 fully saturated rings. The Morgan fingerprint density at radius 1 is 1.12 bits per heavy atom. The third-order valence-corrected chi connectivity index (χ3v) is 4.08. The van der Waals surface area contributed by atoms with Gasteiger partial charge in [-0.05, 0) is 24.3 Å². The van der Waals surface area contributed by atoms with E-state index in [1.165, 1.54) is 36.4 Å². The number of aliphatic hydroxyl groups is 1. The van der Waals surface area contributed by atoms with Gasteiger partial charge in [-0.1, -0.05) is 41.9 Å². The lowest BCUT2D eigenvalue weighted by molar-refractivity contribution is -0.0816. The van der Waals surface area contributed by atoms with Crippen LogP contribution in [0.5, 0.6) is 0 Å². The molecule has 0 saturated heterocycles. The van der Waals surface area contributed by atoms with Crippen molar-refractivity contribution in [2.75, 3.05) is 0 Å². The highest BCUT2D eigenvalue weighted by atomic mass is 35.5. The molecule has 1 unspecified atom stereocenters. The van der Waals surface area contributed by atoms with Crippen LogP contribution in [0.2, 0.25) is 5.02 Å². The quantitative estimate of drug-likeness (QED) is 0.872. The lowest BCUT2D eigenvalue weighted by atomic mass is 9.96. The van der Waals surface area contributed by atoms with Crippen molar-refractivity contribution >= 4 is 23.2 Å². The molecule has 8 heteroatoms. The molecule has 25 heavy (non-hydrogen) atoms. The molecule has 3 rings (SSSR count). The van der Waals surface area contributed by atoms with Crippen molar-refractivity contribution in [3.8, 4) is 0 Å². The fraction of sp³-hybridized carbons (Fsp3) is 0.176. The minimum atomic E-state index is -4.75. The van der Waals surface area contributed by atoms with Crippen molar-refractivity contribution in [2.24, 2.45) is 5.10 Å². The van der Waals surface area contributed by atoms with Gasteiger partial charge in [0.25, 0.3) is 5.91 Å². The van der Waals surface area contributed by atoms with Crippen LogP contribution in [0.4, 0.5) is 13.2 Å². The van der Waals surface area contributed by atoms with Crippen LogP contribution in [0.3, 0.4) is 0 Å². The number of alkyl halides is 3. The first kappa shape index (κ1) is 17.4. The normalized spacial score (nSPS) is 20.5. The minimum Gasteiger partial charge on any atom is -0.365 e. The summed E-state index contributed by atoms with van der Waals surface area (Å²) in [5.41, 5.74) is -3.24. The zero-order chi connectivity index (χ0) is 18.2. The molecule has 0 saturated carbocycles. The van der Waals surface area contributed by atoms with Gasteiger partial charge < -0.3 is 5.11 Å². The number of hydrazone groups is 1. The van der Waals surface area contributed by atoms with Crippen molar-refractivity contribution in [3.63, 3.8) is 0 Å². The van der Waals surface area contributed by atoms with Crippen LogP contribution in [0.25, 0.3) is 0 Å². The lowest BCUT2D eigenvalue weighted by Crippen LogP contribution is -2.43. The van der Waals surface area contributed by atoms with Crippen molar-refractivity contribution in [1.29, 1.82) is 0 Å². The Balaban J connectivity index is 2.06. The Labute approximate surface area is 146 Å². The predicted octanol–water partition coefficient (Wildman–Crippen LogP) is 3.95. The van der Waals surface area contributed by atoms with Crippen LogP contribution < -0.4 is 0 Å². The summed E-state index contributed by atoms with van der Waals surface area (Å²) in [6.45, 7) is 0. The average Bonchev–Trinajstić information content (AvgIpc) is 2.95. The number of rotatable bonds is 2. The molecule has 1 atom stereocenters. The number of benzene rings is 2. The fourth-order valence-electron chi connectivity index (χ4n) is 2.56. The van der Waals surface area contributed by atoms with Crippen LogP contribution >= 0.6 is 11.6 Å². The predicted molar refractivity (Wildman–Crippen MR) is 86.1 cm³/mol. The van der Waals surface area contributed by atoms with Gasteiger partial charge in [0.15, 0.2) is 5.72 Å². The summed E-state index contributed by atoms with van der Waals surface area (Å²) >= 11 is 5.76. The zero-order valence-electron chi connectivity index (χ0n) is 12.7. The van der Waals surface area contributed by atoms with Gasteiger partial charge in [-0.2, -0.15) is 23.3 Å². The van der Waals surface area contributed by atoms with Gasteiger partial charge in [0, 0.05) is 16.1 Å². The van der Waals surface area contributed by atoms with E-state index in [-0.39, 0.29) is 11.1 Å². The van der Waals surface area contributed by atoms with Crippen molar-refractivity contribution in [1.82, 2.24) is 5.01 Å². The Hall–Kier alpha value is -2.38. The van der Waals surface area contributed by atoms with E-state index in [0.717, 1.165) is 0 Å². The maximum absolute atomic E-state index is 13.1. The fourth-order valence-corrected chi connectivity index (χ4v) is 2.69. The summed E-state index contributed by atoms with van der Waals surface area (Å²) in [5, 5.41) is 15.1. The molecule has 2 aromatic carbocycles. The maximum atomic E-state index is 13.1. The lowest BCUT2D eigenvalue weighted by Gasteiger charge is -2.31. The summed E-state index contributed by atoms with van der Waals surface area (Å²) in [4.78, 5) is 12.7. The summed E-state index contributed by atoms with van der Waals surface area (Å²) in [5.74, 6) is -0.859. The number of carbonyl (C=O) groups excluding carboxylic acids is 1. The molecule has 1 aliphatic rings. The van der Waals surface area contributed by atoms with Gasteiger partial charge >= 0.3 is 6.18 Å². The number of nitrogens with zero attached hydrogens (tertiary/aromatic N) is 2. The number of carbonyl (C=O) groups is 1. The third kappa shape index (κ3) is 3.25. The molecular formula is C17H12ClF3N2O2. The molecule has 4 nitrogen and oxygen atoms in total. The largest absolute Gasteiger partial charge is 0.431 e. The SMILES string of the molecule is O=C(c1ccc(Cl)cc1)N1N=C(C(F)(F)F)CC1(O)c1ccccc1. The summed E-state index contributed by atoms with van der Waals surface area (Å²) in [6, 6.07) is 13.2. The van der Waals surface area contributed by atoms with E-state index in [1.54, 1.807) is 18.2 Å². The molecule has 2 aromatic rings. The third-order valence-electron chi connectivity index (χ3n) is 3.83. The van der Waals surface area contributed by atoms with Crippen LogP contribution in [0.1, 0.15) is 22.3 Å². The Bertz CT molecular complexity index is 822. The standard InChI is InChI=1S/C17H12ClF3N2O2/c18-13-8-6-11(7-9-13)15(24)23-16(25,12-4-2-1-3-5-12)10-14(22-23)17(19,20)21/h1-9,25H,10H2. The molecule has 0 spiro atoms. The van der Waals surface area contributed by atoms with E-state index in [2.05, 4.69) is 5.10 Å². The molecule has 1 heterocycles. The summed E-state index contributed by atoms with van der Waals surface area (Å²) in [6.07, 6.45) is -5.60. The van der Waals surface area contributed by atoms with Crippen molar-refractivity contribution in [3.05, 3.63) is 70.7 Å². The summed E-state index contributed by atoms with van der Waals surface area (Å²) < 4.78 is 39.3. The number of halogens is 4. The second-order valence-corrected chi connectivity index (χ2v) is 5.96. The van der Waals surface area contributed by atoms with Gasteiger partial charge in [-0.3, -0.25) is 4.79 Å². The van der Waals surface area contributed by atoms with Gasteiger partial charge in [0.05, 0.1) is 6.42 Å². The van der Waals surface area contributed by atoms with Gasteiger partial charge in [0.2, 0.25) is 0 Å². The topological polar surface area (TPSA) is 52.9 Å². The van der Waals surface area contributed by atoms with E-state index in [9.17, 15) is 23.1 Å². The molecule has 0 radical (unpaired) electrons. The van der Waals surface area contributed by atoms with E-state index in [0.29, 0.717) is 10.0 Å². The molecule has 0 aromatic heterocycles. The van der Waals surface area contributed by atoms with E-state index >= 15 is 0 Å². The van der Waals surface area contributed by atoms with E-state index < -0.39 is 29.9 Å². The second kappa shape index (κ2) is 6.16. The first-order valence-corrected chi connectivity index (χ1v) is 7.62. The van der Waals surface area contributed by atoms with Crippen LogP contribution in [-0.4, -0.2) is 27.9 Å². The number of amides is 1. The van der Waals surface area contributed by atoms with Gasteiger partial charge in [-0.25, -0.2) is 0 Å². The van der Waals surface area contributed by atoms with Gasteiger partial charge in [0.1, 0.15) is 5.71 Å². The highest BCUT2D eigenvalue weighted by molar-refractivity contribution is 6.30. The molecular weight excluding hydrogens is 357 g/mol. The molecule has 130 valence electrons. The Morgan fingerprint density at radius 3 is 2.28 bits per heavy atom. The first-order chi connectivity index (χ1) is 11.7. The van der Waals surface area contributed by atoms with Gasteiger partial charge in [-0.15, -0.1) is 0 Å². The highest BCUT2D eigenvalue weighted by Gasteiger charge is 2.53. The van der Waals surface area contributed by atoms with E-state index in [1.807, 2.05) is 0 Å². The van der Waals surface area contributed by atoms with E-state index in [4.69, 9.17) is 11.6 Å². The molecule has 0 bridgehead atoms. The van der Waals surface area contributed by atoms with Crippen LogP contribution in [0, 0.1) is 0 Å². The molecule has 1 amide bonds. The first-order valence-electron chi connectivity index (χ1n) is 7.24. The van der Waals surface area contributed by atoms with Crippen molar-refractivity contribution in [2.45, 2.75) is 18.3 Å². The number of hydrogen-bond donors (Lipinski definition) is 1. The number of hydrogen-bond acceptors (Lipinski definition) is 3. The highest BCUT2D eigenvalue weighted by Crippen LogP contribution is 2.40.